The average Bonchev–Trinajstić information content (AvgIpc) is 3.57. The Bertz CT molecular complexity index is 1500. The smallest absolute Gasteiger partial charge is 0.234 e. The first-order chi connectivity index (χ1) is 19.0. The number of rotatable bonds is 9. The number of aromatic nitrogens is 5. The second-order valence-corrected chi connectivity index (χ2v) is 10.8. The van der Waals surface area contributed by atoms with Gasteiger partial charge in [-0.25, -0.2) is 10.8 Å². The number of allylic oxidation sites excluding steroid dienone is 4. The molecule has 1 aliphatic carbocycles. The van der Waals surface area contributed by atoms with E-state index in [-0.39, 0.29) is 5.91 Å². The summed E-state index contributed by atoms with van der Waals surface area (Å²) >= 11 is 0. The molecule has 5 rings (SSSR count). The fourth-order valence-electron chi connectivity index (χ4n) is 5.83. The van der Waals surface area contributed by atoms with Crippen molar-refractivity contribution in [1.82, 2.24) is 30.2 Å². The van der Waals surface area contributed by atoms with Crippen LogP contribution in [0.15, 0.2) is 48.7 Å². The zero-order valence-corrected chi connectivity index (χ0v) is 23.2. The second kappa shape index (κ2) is 11.9. The molecule has 0 radical (unpaired) electrons. The number of nitrogens with two attached hydrogens (primary N) is 1. The van der Waals surface area contributed by atoms with Gasteiger partial charge in [0.1, 0.15) is 0 Å². The summed E-state index contributed by atoms with van der Waals surface area (Å²) in [6.07, 6.45) is 14.0. The third-order valence-electron chi connectivity index (χ3n) is 8.13. The number of amides is 1. The molecule has 204 valence electrons. The zero-order chi connectivity index (χ0) is 27.4. The number of nitrogens with one attached hydrogen (secondary N) is 2. The lowest BCUT2D eigenvalue weighted by molar-refractivity contribution is -0.122. The van der Waals surface area contributed by atoms with E-state index >= 15 is 0 Å². The topological polar surface area (TPSA) is 114 Å². The Kier molecular flexibility index (Phi) is 8.21. The summed E-state index contributed by atoms with van der Waals surface area (Å²) in [5.41, 5.74) is 10.8. The summed E-state index contributed by atoms with van der Waals surface area (Å²) in [6.45, 7) is 6.43. The van der Waals surface area contributed by atoms with E-state index in [0.717, 1.165) is 78.6 Å². The van der Waals surface area contributed by atoms with Gasteiger partial charge in [-0.05, 0) is 75.0 Å². The quantitative estimate of drug-likeness (QED) is 0.103. The van der Waals surface area contributed by atoms with Crippen molar-refractivity contribution in [3.05, 3.63) is 71.2 Å². The molecule has 0 saturated heterocycles. The highest BCUT2D eigenvalue weighted by Crippen LogP contribution is 2.40. The van der Waals surface area contributed by atoms with Crippen molar-refractivity contribution in [3.63, 3.8) is 0 Å². The number of aryl methyl sites for hydroxylation is 1. The van der Waals surface area contributed by atoms with Crippen LogP contribution >= 0.6 is 0 Å². The number of hydrazine groups is 1. The van der Waals surface area contributed by atoms with Crippen LogP contribution in [0.4, 0.5) is 0 Å². The number of carbonyl (C=O) groups is 1. The third kappa shape index (κ3) is 5.66. The number of aromatic amines is 1. The first-order valence-corrected chi connectivity index (χ1v) is 14.1. The van der Waals surface area contributed by atoms with Gasteiger partial charge in [0.05, 0.1) is 17.3 Å². The molecule has 0 spiro atoms. The molecule has 1 fully saturated rings. The highest BCUT2D eigenvalue weighted by Gasteiger charge is 2.29. The van der Waals surface area contributed by atoms with Gasteiger partial charge in [-0.3, -0.25) is 15.3 Å². The fourth-order valence-corrected chi connectivity index (χ4v) is 5.83. The van der Waals surface area contributed by atoms with Crippen LogP contribution in [0.5, 0.6) is 0 Å². The highest BCUT2D eigenvalue weighted by atomic mass is 16.2. The Morgan fingerprint density at radius 1 is 1.15 bits per heavy atom. The van der Waals surface area contributed by atoms with Crippen LogP contribution in [0, 0.1) is 12.8 Å². The van der Waals surface area contributed by atoms with Gasteiger partial charge in [0.25, 0.3) is 0 Å². The summed E-state index contributed by atoms with van der Waals surface area (Å²) in [4.78, 5) is 17.1. The number of nitrogens with zero attached hydrogens (tertiary/aromatic N) is 4. The van der Waals surface area contributed by atoms with Crippen LogP contribution in [0.1, 0.15) is 93.6 Å². The highest BCUT2D eigenvalue weighted by molar-refractivity contribution is 5.87. The lowest BCUT2D eigenvalue weighted by Gasteiger charge is -2.28. The van der Waals surface area contributed by atoms with Crippen molar-refractivity contribution in [3.8, 4) is 0 Å². The molecule has 1 aliphatic rings. The van der Waals surface area contributed by atoms with Crippen LogP contribution < -0.4 is 11.3 Å². The van der Waals surface area contributed by atoms with Crippen molar-refractivity contribution in [2.45, 2.75) is 78.1 Å². The van der Waals surface area contributed by atoms with E-state index in [1.807, 2.05) is 16.8 Å². The number of carbonyl (C=O) groups excluding carboxylic acids is 1. The number of H-pyrrole nitrogens is 1. The predicted molar refractivity (Wildman–Crippen MR) is 157 cm³/mol. The van der Waals surface area contributed by atoms with E-state index in [2.05, 4.69) is 72.8 Å². The minimum atomic E-state index is -0.0853. The lowest BCUT2D eigenvalue weighted by atomic mass is 9.78. The molecule has 0 aliphatic heterocycles. The molecular formula is C31H39N7O. The van der Waals surface area contributed by atoms with Crippen molar-refractivity contribution >= 4 is 33.7 Å². The molecule has 39 heavy (non-hydrogen) atoms. The molecule has 4 aromatic rings. The monoisotopic (exact) mass is 525 g/mol. The standard InChI is InChI=1S/C31H39N7O/c1-4-5-9-24(15-12-20(2)23-10-7-6-8-11-23)26-19-33-38-30(26)34-29(28-21(3)36-37-31(28)38)25-16-13-22(14-17-25)18-27(39)35-32/h6-8,10-12,15,19,22,25H,4-5,9,13-14,16-18,32H2,1-3H3,(H,35,39)(H,36,37)/b20-12?,24-15+. The number of fused-ring (bicyclic) bond motifs is 3. The summed E-state index contributed by atoms with van der Waals surface area (Å²) in [5, 5.41) is 13.7. The van der Waals surface area contributed by atoms with Gasteiger partial charge in [-0.1, -0.05) is 55.8 Å². The van der Waals surface area contributed by atoms with E-state index in [1.165, 1.54) is 16.7 Å². The minimum absolute atomic E-state index is 0.0853. The molecule has 4 N–H and O–H groups in total. The van der Waals surface area contributed by atoms with E-state index in [0.29, 0.717) is 18.3 Å². The van der Waals surface area contributed by atoms with E-state index < -0.39 is 0 Å². The first kappa shape index (κ1) is 26.8. The first-order valence-electron chi connectivity index (χ1n) is 14.1. The summed E-state index contributed by atoms with van der Waals surface area (Å²) in [5.74, 6) is 5.91. The zero-order valence-electron chi connectivity index (χ0n) is 23.2. The normalized spacial score (nSPS) is 18.7. The van der Waals surface area contributed by atoms with Gasteiger partial charge >= 0.3 is 0 Å². The summed E-state index contributed by atoms with van der Waals surface area (Å²) in [6, 6.07) is 10.5. The van der Waals surface area contributed by atoms with Crippen LogP contribution in [-0.4, -0.2) is 30.7 Å². The maximum atomic E-state index is 11.8. The number of hydrogen-bond acceptors (Lipinski definition) is 5. The molecule has 1 amide bonds. The van der Waals surface area contributed by atoms with E-state index in [9.17, 15) is 4.79 Å². The van der Waals surface area contributed by atoms with E-state index in [1.54, 1.807) is 0 Å². The largest absolute Gasteiger partial charge is 0.294 e. The van der Waals surface area contributed by atoms with Gasteiger partial charge in [-0.15, -0.1) is 0 Å². The van der Waals surface area contributed by atoms with Crippen LogP contribution in [-0.2, 0) is 4.79 Å². The van der Waals surface area contributed by atoms with Gasteiger partial charge in [-0.2, -0.15) is 14.7 Å². The molecule has 1 aromatic carbocycles. The molecule has 3 aromatic heterocycles. The Balaban J connectivity index is 1.54. The van der Waals surface area contributed by atoms with Gasteiger partial charge < -0.3 is 0 Å². The maximum absolute atomic E-state index is 11.8. The maximum Gasteiger partial charge on any atom is 0.234 e. The number of hydrogen-bond donors (Lipinski definition) is 3. The number of benzene rings is 1. The Morgan fingerprint density at radius 3 is 2.64 bits per heavy atom. The SMILES string of the molecule is CCCC/C(=C\C=C(C)c1ccccc1)c1cnn2c1nc(C1CCC(CC(=O)NN)CC1)c1c(C)[nH]nc12. The molecular weight excluding hydrogens is 486 g/mol. The summed E-state index contributed by atoms with van der Waals surface area (Å²) < 4.78 is 1.89. The third-order valence-corrected chi connectivity index (χ3v) is 8.13. The van der Waals surface area contributed by atoms with Crippen LogP contribution in [0.3, 0.4) is 0 Å². The fraction of sp³-hybridized carbons (Fsp3) is 0.419. The Labute approximate surface area is 229 Å². The van der Waals surface area contributed by atoms with Crippen molar-refractivity contribution in [1.29, 1.82) is 0 Å². The molecule has 8 nitrogen and oxygen atoms in total. The Morgan fingerprint density at radius 2 is 1.92 bits per heavy atom. The Hall–Kier alpha value is -3.78. The second-order valence-electron chi connectivity index (χ2n) is 10.8. The lowest BCUT2D eigenvalue weighted by Crippen LogP contribution is -2.32. The van der Waals surface area contributed by atoms with Crippen LogP contribution in [0.25, 0.3) is 27.8 Å². The average molecular weight is 526 g/mol. The molecule has 8 heteroatoms. The number of unbranched alkanes of at least 4 members (excludes halogenated alkanes) is 1. The summed E-state index contributed by atoms with van der Waals surface area (Å²) in [7, 11) is 0. The van der Waals surface area contributed by atoms with E-state index in [4.69, 9.17) is 15.9 Å². The van der Waals surface area contributed by atoms with Crippen molar-refractivity contribution in [2.75, 3.05) is 0 Å². The molecule has 0 bridgehead atoms. The van der Waals surface area contributed by atoms with Gasteiger partial charge in [0.15, 0.2) is 11.3 Å². The van der Waals surface area contributed by atoms with Crippen LogP contribution in [0.2, 0.25) is 0 Å². The van der Waals surface area contributed by atoms with Crippen molar-refractivity contribution in [2.24, 2.45) is 11.8 Å². The van der Waals surface area contributed by atoms with Gasteiger partial charge in [0, 0.05) is 23.6 Å². The van der Waals surface area contributed by atoms with Crippen molar-refractivity contribution < 1.29 is 4.79 Å². The molecule has 0 unspecified atom stereocenters. The predicted octanol–water partition coefficient (Wildman–Crippen LogP) is 6.24. The minimum Gasteiger partial charge on any atom is -0.294 e. The molecule has 1 saturated carbocycles. The molecule has 3 heterocycles. The van der Waals surface area contributed by atoms with Gasteiger partial charge in [0.2, 0.25) is 5.91 Å². The molecule has 0 atom stereocenters.